The number of halogens is 1. The second-order valence-corrected chi connectivity index (χ2v) is 8.39. The molecule has 0 saturated carbocycles. The van der Waals surface area contributed by atoms with Crippen molar-refractivity contribution in [3.8, 4) is 0 Å². The maximum Gasteiger partial charge on any atom is 0.0975 e. The molecule has 2 aromatic carbocycles. The summed E-state index contributed by atoms with van der Waals surface area (Å²) in [5.41, 5.74) is 11.1. The highest BCUT2D eigenvalue weighted by Crippen LogP contribution is 2.42. The smallest absolute Gasteiger partial charge is 0.0975 e. The van der Waals surface area contributed by atoms with E-state index in [1.807, 2.05) is 0 Å². The molecular formula is C25H28IN. The molecule has 0 bridgehead atoms. The molecule has 0 N–H and O–H groups in total. The summed E-state index contributed by atoms with van der Waals surface area (Å²) in [5, 5.41) is 0. The number of allylic oxidation sites excluding steroid dienone is 2. The Hall–Kier alpha value is -1.65. The highest BCUT2D eigenvalue weighted by Gasteiger charge is 2.26. The van der Waals surface area contributed by atoms with E-state index in [2.05, 4.69) is 88.6 Å². The van der Waals surface area contributed by atoms with Crippen LogP contribution in [-0.4, -0.2) is 31.7 Å². The quantitative estimate of drug-likeness (QED) is 0.445. The molecule has 2 aliphatic rings. The summed E-state index contributed by atoms with van der Waals surface area (Å²) in [6.45, 7) is 6.76. The van der Waals surface area contributed by atoms with Gasteiger partial charge in [0.25, 0.3) is 0 Å². The van der Waals surface area contributed by atoms with Gasteiger partial charge in [0.1, 0.15) is 0 Å². The molecule has 2 heteroatoms. The Bertz CT molecular complexity index is 956. The zero-order valence-electron chi connectivity index (χ0n) is 16.7. The minimum atomic E-state index is 0. The zero-order chi connectivity index (χ0) is 18.3. The molecule has 0 saturated heterocycles. The molecule has 0 unspecified atom stereocenters. The summed E-state index contributed by atoms with van der Waals surface area (Å²) in [6, 6.07) is 17.8. The summed E-state index contributed by atoms with van der Waals surface area (Å²) < 4.78 is 1.08. The maximum absolute atomic E-state index is 2.46. The van der Waals surface area contributed by atoms with Crippen LogP contribution in [0.5, 0.6) is 0 Å². The van der Waals surface area contributed by atoms with Crippen molar-refractivity contribution in [3.63, 3.8) is 0 Å². The van der Waals surface area contributed by atoms with Crippen molar-refractivity contribution in [2.75, 3.05) is 27.2 Å². The SMILES string of the molecule is CC(C)=C1c2ccccc2C=C(C2=CC[N+](C)(C)CC2)c2ccccc21.[I-]. The number of nitrogens with zero attached hydrogens (tertiary/aromatic N) is 1. The highest BCUT2D eigenvalue weighted by atomic mass is 127. The Balaban J connectivity index is 0.00000210. The van der Waals surface area contributed by atoms with E-state index in [0.717, 1.165) is 17.4 Å². The van der Waals surface area contributed by atoms with Gasteiger partial charge in [0.2, 0.25) is 0 Å². The molecular weight excluding hydrogens is 441 g/mol. The normalized spacial score (nSPS) is 17.6. The van der Waals surface area contributed by atoms with Gasteiger partial charge in [0.05, 0.1) is 27.2 Å². The second-order valence-electron chi connectivity index (χ2n) is 8.39. The molecule has 140 valence electrons. The van der Waals surface area contributed by atoms with Gasteiger partial charge in [0, 0.05) is 6.42 Å². The van der Waals surface area contributed by atoms with Gasteiger partial charge < -0.3 is 28.5 Å². The lowest BCUT2D eigenvalue weighted by Gasteiger charge is -2.33. The van der Waals surface area contributed by atoms with Crippen LogP contribution in [0.1, 0.15) is 42.5 Å². The van der Waals surface area contributed by atoms with Crippen LogP contribution in [0.25, 0.3) is 17.2 Å². The lowest BCUT2D eigenvalue weighted by atomic mass is 9.87. The van der Waals surface area contributed by atoms with Gasteiger partial charge in [-0.05, 0) is 65.0 Å². The molecule has 0 amide bonds. The van der Waals surface area contributed by atoms with Crippen LogP contribution in [0.3, 0.4) is 0 Å². The summed E-state index contributed by atoms with van der Waals surface area (Å²) >= 11 is 0. The van der Waals surface area contributed by atoms with E-state index in [0.29, 0.717) is 0 Å². The summed E-state index contributed by atoms with van der Waals surface area (Å²) in [4.78, 5) is 0. The molecule has 27 heavy (non-hydrogen) atoms. The third-order valence-corrected chi connectivity index (χ3v) is 5.68. The first-order valence-corrected chi connectivity index (χ1v) is 9.56. The summed E-state index contributed by atoms with van der Waals surface area (Å²) in [5.74, 6) is 0. The zero-order valence-corrected chi connectivity index (χ0v) is 18.9. The van der Waals surface area contributed by atoms with Crippen LogP contribution in [0.2, 0.25) is 0 Å². The van der Waals surface area contributed by atoms with Gasteiger partial charge in [-0.2, -0.15) is 0 Å². The average Bonchev–Trinajstić information content (AvgIpc) is 2.76. The molecule has 0 fully saturated rings. The van der Waals surface area contributed by atoms with Crippen molar-refractivity contribution < 1.29 is 28.5 Å². The molecule has 1 aliphatic heterocycles. The molecule has 1 aliphatic carbocycles. The Kier molecular flexibility index (Phi) is 5.78. The van der Waals surface area contributed by atoms with E-state index in [-0.39, 0.29) is 24.0 Å². The van der Waals surface area contributed by atoms with Gasteiger partial charge in [-0.15, -0.1) is 0 Å². The predicted molar refractivity (Wildman–Crippen MR) is 113 cm³/mol. The third kappa shape index (κ3) is 3.83. The molecule has 0 radical (unpaired) electrons. The molecule has 0 spiro atoms. The van der Waals surface area contributed by atoms with Crippen molar-refractivity contribution in [1.82, 2.24) is 0 Å². The van der Waals surface area contributed by atoms with Crippen molar-refractivity contribution in [1.29, 1.82) is 0 Å². The first-order valence-electron chi connectivity index (χ1n) is 9.56. The average molecular weight is 469 g/mol. The fourth-order valence-corrected chi connectivity index (χ4v) is 4.19. The van der Waals surface area contributed by atoms with Gasteiger partial charge in [0.15, 0.2) is 0 Å². The van der Waals surface area contributed by atoms with Gasteiger partial charge >= 0.3 is 0 Å². The minimum absolute atomic E-state index is 0. The van der Waals surface area contributed by atoms with Crippen LogP contribution in [0.15, 0.2) is 65.8 Å². The topological polar surface area (TPSA) is 0 Å². The molecule has 1 heterocycles. The minimum Gasteiger partial charge on any atom is -1.00 e. The first kappa shape index (κ1) is 20.1. The van der Waals surface area contributed by atoms with E-state index < -0.39 is 0 Å². The van der Waals surface area contributed by atoms with Crippen LogP contribution < -0.4 is 24.0 Å². The number of benzene rings is 2. The Morgan fingerprint density at radius 3 is 2.11 bits per heavy atom. The lowest BCUT2D eigenvalue weighted by molar-refractivity contribution is -0.885. The number of hydrogen-bond acceptors (Lipinski definition) is 0. The van der Waals surface area contributed by atoms with Crippen LogP contribution in [0.4, 0.5) is 0 Å². The molecule has 4 rings (SSSR count). The number of likely N-dealkylation sites (N-methyl/N-ethyl adjacent to an activating group) is 1. The number of rotatable bonds is 1. The fraction of sp³-hybridized carbons (Fsp3) is 0.280. The Labute approximate surface area is 180 Å². The Morgan fingerprint density at radius 1 is 0.852 bits per heavy atom. The summed E-state index contributed by atoms with van der Waals surface area (Å²) in [7, 11) is 4.64. The largest absolute Gasteiger partial charge is 1.00 e. The molecule has 0 aromatic heterocycles. The van der Waals surface area contributed by atoms with E-state index in [9.17, 15) is 0 Å². The maximum atomic E-state index is 2.46. The molecule has 1 nitrogen and oxygen atoms in total. The number of hydrogen-bond donors (Lipinski definition) is 0. The van der Waals surface area contributed by atoms with Crippen LogP contribution in [0, 0.1) is 0 Å². The van der Waals surface area contributed by atoms with E-state index in [4.69, 9.17) is 0 Å². The highest BCUT2D eigenvalue weighted by molar-refractivity contribution is 6.02. The lowest BCUT2D eigenvalue weighted by Crippen LogP contribution is -3.00. The molecule has 2 aromatic rings. The second kappa shape index (κ2) is 7.76. The molecule has 0 atom stereocenters. The van der Waals surface area contributed by atoms with E-state index >= 15 is 0 Å². The van der Waals surface area contributed by atoms with Crippen LogP contribution >= 0.6 is 0 Å². The van der Waals surface area contributed by atoms with Crippen LogP contribution in [-0.2, 0) is 0 Å². The van der Waals surface area contributed by atoms with Gasteiger partial charge in [-0.1, -0.05) is 54.1 Å². The van der Waals surface area contributed by atoms with Crippen molar-refractivity contribution in [2.24, 2.45) is 0 Å². The van der Waals surface area contributed by atoms with Crippen molar-refractivity contribution in [2.45, 2.75) is 20.3 Å². The summed E-state index contributed by atoms with van der Waals surface area (Å²) in [6.07, 6.45) is 6.02. The predicted octanol–water partition coefficient (Wildman–Crippen LogP) is 2.79. The number of fused-ring (bicyclic) bond motifs is 2. The Morgan fingerprint density at radius 2 is 1.48 bits per heavy atom. The monoisotopic (exact) mass is 469 g/mol. The van der Waals surface area contributed by atoms with E-state index in [1.165, 1.54) is 51.1 Å². The van der Waals surface area contributed by atoms with E-state index in [1.54, 1.807) is 0 Å². The standard InChI is InChI=1S/C25H28N.HI/c1-18(2)25-21-10-6-5-9-20(21)17-24(22-11-7-8-12-23(22)25)19-13-15-26(3,4)16-14-19;/h5-13,17H,14-16H2,1-4H3;1H/q+1;/p-1. The van der Waals surface area contributed by atoms with Gasteiger partial charge in [-0.25, -0.2) is 0 Å². The van der Waals surface area contributed by atoms with Gasteiger partial charge in [-0.3, -0.25) is 0 Å². The third-order valence-electron chi connectivity index (χ3n) is 5.68. The van der Waals surface area contributed by atoms with Crippen molar-refractivity contribution in [3.05, 3.63) is 88.0 Å². The first-order chi connectivity index (χ1) is 12.5. The number of quaternary nitrogens is 1. The fourth-order valence-electron chi connectivity index (χ4n) is 4.19. The van der Waals surface area contributed by atoms with Crippen molar-refractivity contribution >= 4 is 17.2 Å².